The van der Waals surface area contributed by atoms with E-state index in [9.17, 15) is 5.11 Å². The second-order valence-electron chi connectivity index (χ2n) is 14.6. The summed E-state index contributed by atoms with van der Waals surface area (Å²) < 4.78 is 3.96. The van der Waals surface area contributed by atoms with Gasteiger partial charge in [-0.15, -0.1) is 10.2 Å². The van der Waals surface area contributed by atoms with Gasteiger partial charge in [0.15, 0.2) is 17.5 Å². The summed E-state index contributed by atoms with van der Waals surface area (Å²) >= 11 is 0. The predicted molar refractivity (Wildman–Crippen MR) is 217 cm³/mol. The molecule has 0 saturated carbocycles. The molecular weight excluding hydrogens is 697 g/mol. The number of nitrogens with one attached hydrogen (secondary N) is 1. The van der Waals surface area contributed by atoms with Crippen molar-refractivity contribution in [2.75, 3.05) is 0 Å². The lowest BCUT2D eigenvalue weighted by Gasteiger charge is -2.19. The quantitative estimate of drug-likeness (QED) is 0.144. The van der Waals surface area contributed by atoms with Gasteiger partial charge in [-0.05, 0) is 84.3 Å². The Hall–Kier alpha value is -6.85. The summed E-state index contributed by atoms with van der Waals surface area (Å²) in [5.74, 6) is 1.83. The molecule has 0 bridgehead atoms. The lowest BCUT2D eigenvalue weighted by atomic mass is 9.99. The van der Waals surface area contributed by atoms with Crippen LogP contribution in [0.2, 0.25) is 0 Å². The van der Waals surface area contributed by atoms with Crippen molar-refractivity contribution in [2.45, 2.75) is 53.3 Å². The molecule has 0 aliphatic carbocycles. The van der Waals surface area contributed by atoms with Gasteiger partial charge in [0.1, 0.15) is 11.4 Å². The summed E-state index contributed by atoms with van der Waals surface area (Å²) in [4.78, 5) is 19.6. The van der Waals surface area contributed by atoms with Crippen LogP contribution in [0.5, 0.6) is 0 Å². The van der Waals surface area contributed by atoms with Gasteiger partial charge >= 0.3 is 0 Å². The van der Waals surface area contributed by atoms with Gasteiger partial charge < -0.3 is 14.2 Å². The fourth-order valence-corrected chi connectivity index (χ4v) is 7.15. The van der Waals surface area contributed by atoms with Gasteiger partial charge in [0, 0.05) is 48.4 Å². The van der Waals surface area contributed by atoms with Crippen LogP contribution < -0.4 is 0 Å². The van der Waals surface area contributed by atoms with Crippen LogP contribution in [0.25, 0.3) is 67.8 Å². The molecule has 5 heterocycles. The normalized spacial score (nSPS) is 12.2. The number of H-pyrrole nitrogens is 1. The molecule has 4 aliphatic heterocycles. The van der Waals surface area contributed by atoms with Gasteiger partial charge in [-0.2, -0.15) is 5.21 Å². The highest BCUT2D eigenvalue weighted by molar-refractivity contribution is 5.73. The molecular formula is C45H40N10O. The lowest BCUT2D eigenvalue weighted by Crippen LogP contribution is -2.22. The third-order valence-electron chi connectivity index (χ3n) is 10.7. The molecule has 11 nitrogen and oxygen atoms in total. The number of aliphatic hydroxyl groups is 1. The van der Waals surface area contributed by atoms with Gasteiger partial charge in [0.05, 0.1) is 24.0 Å². The molecule has 2 N–H and O–H groups in total. The minimum Gasteiger partial charge on any atom is -0.391 e. The third kappa shape index (κ3) is 6.96. The highest BCUT2D eigenvalue weighted by Crippen LogP contribution is 2.32. The largest absolute Gasteiger partial charge is 0.391 e. The number of aromatic nitrogens is 10. The molecule has 11 heteroatoms. The molecule has 0 saturated heterocycles. The second-order valence-corrected chi connectivity index (χ2v) is 14.6. The van der Waals surface area contributed by atoms with E-state index in [1.54, 1.807) is 0 Å². The van der Waals surface area contributed by atoms with E-state index in [-0.39, 0.29) is 0 Å². The highest BCUT2D eigenvalue weighted by atomic mass is 16.3. The third-order valence-corrected chi connectivity index (χ3v) is 10.7. The van der Waals surface area contributed by atoms with Crippen LogP contribution in [0.4, 0.5) is 0 Å². The smallest absolute Gasteiger partial charge is 0.194 e. The van der Waals surface area contributed by atoms with Crippen LogP contribution in [0.1, 0.15) is 33.8 Å². The van der Waals surface area contributed by atoms with E-state index >= 15 is 0 Å². The van der Waals surface area contributed by atoms with Crippen molar-refractivity contribution in [1.29, 1.82) is 0 Å². The lowest BCUT2D eigenvalue weighted by molar-refractivity contribution is 0.152. The number of aliphatic hydroxyl groups excluding tert-OH is 1. The zero-order valence-corrected chi connectivity index (χ0v) is 31.6. The van der Waals surface area contributed by atoms with Crippen LogP contribution in [0, 0.1) is 27.7 Å². The molecule has 5 aromatic rings. The minimum atomic E-state index is -0.752. The maximum Gasteiger partial charge on any atom is 0.194 e. The number of nitrogens with zero attached hydrogens (tertiary/aromatic N) is 9. The number of hydrogen-bond acceptors (Lipinski definition) is 8. The fourth-order valence-electron chi connectivity index (χ4n) is 7.15. The molecule has 1 atom stereocenters. The van der Waals surface area contributed by atoms with E-state index in [2.05, 4.69) is 133 Å². The number of hydrogen-bond donors (Lipinski definition) is 2. The SMILES string of the molecule is Cc1ccc(-c2ccc(-c3nc4ccn(CC(O)Cc5c6nc(-c7ccc(-c8ccc(C)c(C)c8)cc7)nc-6ccn5Cc5nn[nH]n5)cc-4n3)cc2)cc1C. The number of tetrazole rings is 1. The Balaban J connectivity index is 0.960. The first kappa shape index (κ1) is 34.9. The summed E-state index contributed by atoms with van der Waals surface area (Å²) in [6.07, 6.45) is 5.38. The van der Waals surface area contributed by atoms with Crippen molar-refractivity contribution < 1.29 is 5.11 Å². The first-order valence-corrected chi connectivity index (χ1v) is 18.7. The van der Waals surface area contributed by atoms with E-state index in [0.717, 1.165) is 50.7 Å². The van der Waals surface area contributed by atoms with Crippen LogP contribution in [0.15, 0.2) is 116 Å². The number of fused-ring (bicyclic) bond motifs is 2. The zero-order chi connectivity index (χ0) is 38.3. The average molecular weight is 737 g/mol. The number of aryl methyl sites for hydroxylation is 4. The molecule has 0 amide bonds. The van der Waals surface area contributed by atoms with Gasteiger partial charge in [0.25, 0.3) is 0 Å². The Labute approximate surface area is 324 Å². The average Bonchev–Trinajstić information content (AvgIpc) is 3.99. The Bertz CT molecular complexity index is 2730. The van der Waals surface area contributed by atoms with Gasteiger partial charge in [-0.3, -0.25) is 0 Å². The monoisotopic (exact) mass is 736 g/mol. The van der Waals surface area contributed by atoms with Gasteiger partial charge in [-0.25, -0.2) is 19.9 Å². The number of rotatable bonds is 10. The van der Waals surface area contributed by atoms with Gasteiger partial charge in [0.2, 0.25) is 0 Å². The number of aromatic amines is 1. The van der Waals surface area contributed by atoms with Crippen molar-refractivity contribution >= 4 is 0 Å². The predicted octanol–water partition coefficient (Wildman–Crippen LogP) is 8.15. The molecule has 276 valence electrons. The number of imidazole rings is 2. The van der Waals surface area contributed by atoms with E-state index in [1.165, 1.54) is 33.4 Å². The zero-order valence-electron chi connectivity index (χ0n) is 31.6. The van der Waals surface area contributed by atoms with Crippen LogP contribution in [-0.4, -0.2) is 60.9 Å². The van der Waals surface area contributed by atoms with E-state index in [0.29, 0.717) is 37.0 Å². The van der Waals surface area contributed by atoms with Crippen molar-refractivity contribution in [3.05, 3.63) is 149 Å². The highest BCUT2D eigenvalue weighted by Gasteiger charge is 2.23. The Morgan fingerprint density at radius 2 is 1.14 bits per heavy atom. The molecule has 0 radical (unpaired) electrons. The first-order valence-electron chi connectivity index (χ1n) is 18.7. The van der Waals surface area contributed by atoms with Gasteiger partial charge in [-0.1, -0.05) is 90.1 Å². The van der Waals surface area contributed by atoms with E-state index < -0.39 is 6.10 Å². The Morgan fingerprint density at radius 1 is 0.589 bits per heavy atom. The van der Waals surface area contributed by atoms with Crippen molar-refractivity contribution in [2.24, 2.45) is 0 Å². The maximum absolute atomic E-state index is 11.6. The van der Waals surface area contributed by atoms with Crippen LogP contribution in [-0.2, 0) is 19.5 Å². The first-order chi connectivity index (χ1) is 27.2. The van der Waals surface area contributed by atoms with Crippen LogP contribution >= 0.6 is 0 Å². The number of benzene rings is 4. The number of pyridine rings is 2. The Morgan fingerprint density at radius 3 is 1.75 bits per heavy atom. The van der Waals surface area contributed by atoms with Crippen molar-refractivity contribution in [1.82, 2.24) is 49.7 Å². The summed E-state index contributed by atoms with van der Waals surface area (Å²) in [6, 6.07) is 33.7. The summed E-state index contributed by atoms with van der Waals surface area (Å²) in [5.41, 5.74) is 15.5. The van der Waals surface area contributed by atoms with Crippen molar-refractivity contribution in [3.63, 3.8) is 0 Å². The maximum atomic E-state index is 11.6. The summed E-state index contributed by atoms with van der Waals surface area (Å²) in [7, 11) is 0. The molecule has 1 aromatic heterocycles. The Kier molecular flexibility index (Phi) is 8.99. The fraction of sp³-hybridized carbons (Fsp3) is 0.178. The standard InChI is InChI=1S/C45H40N10O/c1-27-5-7-35(21-29(27)3)31-9-13-33(14-10-31)44-46-38-17-19-54(25-40(38)48-44)24-37(56)23-41-43-39(18-20-55(41)26-42-50-52-53-51-42)47-45(49-43)34-15-11-32(12-16-34)36-8-6-28(2)30(4)22-36/h5-22,25,37,56H,23-24,26H2,1-4H3,(H,50,51,52,53). The molecule has 1 unspecified atom stereocenters. The van der Waals surface area contributed by atoms with E-state index in [4.69, 9.17) is 19.9 Å². The topological polar surface area (TPSA) is 136 Å². The van der Waals surface area contributed by atoms with Crippen molar-refractivity contribution in [3.8, 4) is 67.8 Å². The molecule has 4 aliphatic rings. The molecule has 9 rings (SSSR count). The second kappa shape index (κ2) is 14.4. The summed E-state index contributed by atoms with van der Waals surface area (Å²) in [5, 5.41) is 26.2. The van der Waals surface area contributed by atoms with E-state index in [1.807, 2.05) is 39.9 Å². The van der Waals surface area contributed by atoms with Crippen LogP contribution in [0.3, 0.4) is 0 Å². The molecule has 0 spiro atoms. The molecule has 0 fully saturated rings. The molecule has 56 heavy (non-hydrogen) atoms. The minimum absolute atomic E-state index is 0.314. The molecule has 4 aromatic carbocycles. The summed E-state index contributed by atoms with van der Waals surface area (Å²) in [6.45, 7) is 9.22.